The maximum absolute atomic E-state index is 12.6. The van der Waals surface area contributed by atoms with Crippen molar-refractivity contribution < 1.29 is 13.2 Å². The van der Waals surface area contributed by atoms with Crippen LogP contribution in [0.5, 0.6) is 0 Å². The highest BCUT2D eigenvalue weighted by Crippen LogP contribution is 2.33. The molecule has 0 spiro atoms. The van der Waals surface area contributed by atoms with Gasteiger partial charge in [0.2, 0.25) is 0 Å². The third kappa shape index (κ3) is 2.35. The average molecular weight is 336 g/mol. The Hall–Kier alpha value is -1.70. The van der Waals surface area contributed by atoms with Crippen molar-refractivity contribution in [2.24, 2.45) is 0 Å². The Kier molecular flexibility index (Phi) is 3.80. The summed E-state index contributed by atoms with van der Waals surface area (Å²) in [5, 5.41) is 3.92. The molecule has 0 unspecified atom stereocenters. The molecule has 3 rings (SSSR count). The van der Waals surface area contributed by atoms with Gasteiger partial charge in [-0.3, -0.25) is 4.79 Å². The predicted octanol–water partition coefficient (Wildman–Crippen LogP) is 2.20. The van der Waals surface area contributed by atoms with Crippen LogP contribution in [0.15, 0.2) is 46.0 Å². The molecule has 1 aliphatic heterocycles. The predicted molar refractivity (Wildman–Crippen MR) is 85.4 cm³/mol. The standard InChI is InChI=1S/C15H16N2O3S2/c1-16(2)13(11-7-8-21-10-11)9-17-15(18)12-5-3-4-6-14(12)22(17,19)20/h3-8,10,13H,9H2,1-2H3/t13-/m0/s1. The molecule has 0 aliphatic carbocycles. The monoisotopic (exact) mass is 336 g/mol. The Labute approximate surface area is 133 Å². The normalized spacial score (nSPS) is 17.8. The van der Waals surface area contributed by atoms with E-state index in [1.165, 1.54) is 6.07 Å². The number of carbonyl (C=O) groups is 1. The molecule has 1 aromatic heterocycles. The topological polar surface area (TPSA) is 57.7 Å². The van der Waals surface area contributed by atoms with Crippen LogP contribution < -0.4 is 0 Å². The summed E-state index contributed by atoms with van der Waals surface area (Å²) in [5.74, 6) is -0.447. The van der Waals surface area contributed by atoms with Gasteiger partial charge < -0.3 is 4.90 Å². The number of rotatable bonds is 4. The van der Waals surface area contributed by atoms with Gasteiger partial charge in [-0.1, -0.05) is 12.1 Å². The van der Waals surface area contributed by atoms with Gasteiger partial charge in [-0.25, -0.2) is 12.7 Å². The molecule has 0 bridgehead atoms. The summed E-state index contributed by atoms with van der Waals surface area (Å²) in [7, 11) is 0.000539. The van der Waals surface area contributed by atoms with Crippen molar-refractivity contribution in [1.82, 2.24) is 9.21 Å². The lowest BCUT2D eigenvalue weighted by molar-refractivity contribution is 0.0845. The van der Waals surface area contributed by atoms with E-state index in [-0.39, 0.29) is 23.0 Å². The number of amides is 1. The third-order valence-electron chi connectivity index (χ3n) is 3.80. The van der Waals surface area contributed by atoms with Crippen LogP contribution in [0, 0.1) is 0 Å². The Morgan fingerprint density at radius 1 is 1.23 bits per heavy atom. The summed E-state index contributed by atoms with van der Waals surface area (Å²) in [6.07, 6.45) is 0. The van der Waals surface area contributed by atoms with Crippen LogP contribution in [-0.2, 0) is 10.0 Å². The maximum Gasteiger partial charge on any atom is 0.269 e. The summed E-state index contributed by atoms with van der Waals surface area (Å²) >= 11 is 1.55. The number of hydrogen-bond acceptors (Lipinski definition) is 5. The number of likely N-dealkylation sites (N-methyl/N-ethyl adjacent to an activating group) is 1. The van der Waals surface area contributed by atoms with E-state index in [1.807, 2.05) is 35.8 Å². The van der Waals surface area contributed by atoms with Gasteiger partial charge in [0.25, 0.3) is 15.9 Å². The SMILES string of the molecule is CN(C)[C@@H](CN1C(=O)c2ccccc2S1(=O)=O)c1ccsc1. The molecule has 5 nitrogen and oxygen atoms in total. The van der Waals surface area contributed by atoms with E-state index in [4.69, 9.17) is 0 Å². The molecule has 1 atom stereocenters. The van der Waals surface area contributed by atoms with Gasteiger partial charge in [0, 0.05) is 0 Å². The van der Waals surface area contributed by atoms with E-state index >= 15 is 0 Å². The van der Waals surface area contributed by atoms with Crippen LogP contribution in [0.4, 0.5) is 0 Å². The third-order valence-corrected chi connectivity index (χ3v) is 6.31. The van der Waals surface area contributed by atoms with Crippen LogP contribution in [-0.4, -0.2) is 44.2 Å². The van der Waals surface area contributed by atoms with Gasteiger partial charge in [0.15, 0.2) is 0 Å². The Morgan fingerprint density at radius 3 is 2.55 bits per heavy atom. The lowest BCUT2D eigenvalue weighted by Gasteiger charge is -2.27. The minimum Gasteiger partial charge on any atom is -0.301 e. The Bertz CT molecular complexity index is 798. The van der Waals surface area contributed by atoms with Crippen LogP contribution in [0.2, 0.25) is 0 Å². The van der Waals surface area contributed by atoms with Crippen molar-refractivity contribution in [2.75, 3.05) is 20.6 Å². The fraction of sp³-hybridized carbons (Fsp3) is 0.267. The maximum atomic E-state index is 12.6. The summed E-state index contributed by atoms with van der Waals surface area (Å²) in [4.78, 5) is 14.5. The molecule has 2 heterocycles. The Balaban J connectivity index is 1.98. The van der Waals surface area contributed by atoms with E-state index in [1.54, 1.807) is 29.5 Å². The van der Waals surface area contributed by atoms with Crippen molar-refractivity contribution in [3.8, 4) is 0 Å². The number of nitrogens with zero attached hydrogens (tertiary/aromatic N) is 2. The molecule has 0 fully saturated rings. The highest BCUT2D eigenvalue weighted by Gasteiger charge is 2.42. The minimum absolute atomic E-state index is 0.0998. The zero-order valence-corrected chi connectivity index (χ0v) is 13.9. The molecular weight excluding hydrogens is 320 g/mol. The zero-order valence-electron chi connectivity index (χ0n) is 12.3. The number of carbonyl (C=O) groups excluding carboxylic acids is 1. The quantitative estimate of drug-likeness (QED) is 0.859. The van der Waals surface area contributed by atoms with Gasteiger partial charge >= 0.3 is 0 Å². The molecule has 116 valence electrons. The number of sulfonamides is 1. The average Bonchev–Trinajstić information content (AvgIpc) is 3.06. The van der Waals surface area contributed by atoms with Gasteiger partial charge in [-0.05, 0) is 48.6 Å². The van der Waals surface area contributed by atoms with Crippen LogP contribution >= 0.6 is 11.3 Å². The van der Waals surface area contributed by atoms with Gasteiger partial charge in [-0.15, -0.1) is 0 Å². The summed E-state index contributed by atoms with van der Waals surface area (Å²) in [6.45, 7) is 0.111. The molecule has 0 saturated carbocycles. The lowest BCUT2D eigenvalue weighted by Crippen LogP contribution is -2.38. The second kappa shape index (κ2) is 5.49. The fourth-order valence-corrected chi connectivity index (χ4v) is 4.88. The van der Waals surface area contributed by atoms with Crippen LogP contribution in [0.3, 0.4) is 0 Å². The Morgan fingerprint density at radius 2 is 1.95 bits per heavy atom. The summed E-state index contributed by atoms with van der Waals surface area (Å²) in [6, 6.07) is 8.14. The molecule has 1 aromatic carbocycles. The number of hydrogen-bond donors (Lipinski definition) is 0. The molecule has 1 aliphatic rings. The number of benzene rings is 1. The van der Waals surface area contributed by atoms with Gasteiger partial charge in [-0.2, -0.15) is 11.3 Å². The summed E-state index contributed by atoms with van der Waals surface area (Å²) in [5.41, 5.74) is 1.26. The smallest absolute Gasteiger partial charge is 0.269 e. The molecule has 7 heteroatoms. The van der Waals surface area contributed by atoms with Crippen LogP contribution in [0.25, 0.3) is 0 Å². The number of thiophene rings is 1. The lowest BCUT2D eigenvalue weighted by atomic mass is 10.1. The van der Waals surface area contributed by atoms with Gasteiger partial charge in [0.1, 0.15) is 4.90 Å². The van der Waals surface area contributed by atoms with E-state index < -0.39 is 15.9 Å². The van der Waals surface area contributed by atoms with E-state index in [0.717, 1.165) is 9.87 Å². The molecule has 1 amide bonds. The summed E-state index contributed by atoms with van der Waals surface area (Å²) < 4.78 is 26.2. The molecule has 0 N–H and O–H groups in total. The molecular formula is C15H16N2O3S2. The van der Waals surface area contributed by atoms with E-state index in [2.05, 4.69) is 0 Å². The largest absolute Gasteiger partial charge is 0.301 e. The molecule has 0 radical (unpaired) electrons. The molecule has 0 saturated heterocycles. The van der Waals surface area contributed by atoms with Gasteiger partial charge in [0.05, 0.1) is 18.2 Å². The first-order valence-electron chi connectivity index (χ1n) is 6.77. The minimum atomic E-state index is -3.75. The first kappa shape index (κ1) is 15.2. The number of fused-ring (bicyclic) bond motifs is 1. The second-order valence-corrected chi connectivity index (χ2v) is 7.98. The first-order valence-corrected chi connectivity index (χ1v) is 9.16. The van der Waals surface area contributed by atoms with E-state index in [9.17, 15) is 13.2 Å². The highest BCUT2D eigenvalue weighted by molar-refractivity contribution is 7.90. The van der Waals surface area contributed by atoms with Crippen molar-refractivity contribution in [2.45, 2.75) is 10.9 Å². The first-order chi connectivity index (χ1) is 10.4. The second-order valence-electron chi connectivity index (χ2n) is 5.37. The fourth-order valence-electron chi connectivity index (χ4n) is 2.60. The molecule has 22 heavy (non-hydrogen) atoms. The van der Waals surface area contributed by atoms with Crippen molar-refractivity contribution in [3.63, 3.8) is 0 Å². The highest BCUT2D eigenvalue weighted by atomic mass is 32.2. The molecule has 2 aromatic rings. The van der Waals surface area contributed by atoms with Crippen molar-refractivity contribution in [1.29, 1.82) is 0 Å². The zero-order chi connectivity index (χ0) is 15.9. The van der Waals surface area contributed by atoms with Crippen molar-refractivity contribution >= 4 is 27.3 Å². The van der Waals surface area contributed by atoms with Crippen LogP contribution in [0.1, 0.15) is 22.0 Å². The van der Waals surface area contributed by atoms with Crippen molar-refractivity contribution in [3.05, 3.63) is 52.2 Å². The van der Waals surface area contributed by atoms with E-state index in [0.29, 0.717) is 0 Å².